The Morgan fingerprint density at radius 2 is 1.86 bits per heavy atom. The molecule has 9 heteroatoms. The van der Waals surface area contributed by atoms with Crippen molar-refractivity contribution in [3.63, 3.8) is 0 Å². The van der Waals surface area contributed by atoms with Gasteiger partial charge in [-0.15, -0.1) is 0 Å². The molecule has 3 aromatic rings. The number of halogens is 3. The molecule has 1 aromatic heterocycles. The first-order valence-corrected chi connectivity index (χ1v) is 9.51. The van der Waals surface area contributed by atoms with Crippen molar-refractivity contribution in [3.8, 4) is 5.75 Å². The highest BCUT2D eigenvalue weighted by Gasteiger charge is 2.12. The number of alkyl halides is 2. The molecule has 0 fully saturated rings. The van der Waals surface area contributed by atoms with E-state index in [-0.39, 0.29) is 10.9 Å². The molecule has 0 unspecified atom stereocenters. The molecular formula is C20H19ClF2N4OS. The minimum Gasteiger partial charge on any atom is -0.433 e. The van der Waals surface area contributed by atoms with Crippen LogP contribution in [0.25, 0.3) is 0 Å². The Morgan fingerprint density at radius 1 is 1.14 bits per heavy atom. The molecule has 0 spiro atoms. The van der Waals surface area contributed by atoms with Crippen molar-refractivity contribution >= 4 is 40.4 Å². The SMILES string of the molecule is Cc1ccc(NC(=S)Nc2cc(C)n(Cc3ccc(Cl)cc3)n2)c(OC(F)F)c1. The Hall–Kier alpha value is -2.71. The third kappa shape index (κ3) is 5.88. The van der Waals surface area contributed by atoms with Crippen LogP contribution in [0.4, 0.5) is 20.3 Å². The van der Waals surface area contributed by atoms with Gasteiger partial charge in [0.2, 0.25) is 0 Å². The zero-order valence-corrected chi connectivity index (χ0v) is 17.3. The van der Waals surface area contributed by atoms with E-state index in [1.54, 1.807) is 19.1 Å². The summed E-state index contributed by atoms with van der Waals surface area (Å²) < 4.78 is 31.7. The van der Waals surface area contributed by atoms with E-state index in [0.717, 1.165) is 16.8 Å². The number of rotatable bonds is 6. The average Bonchev–Trinajstić information content (AvgIpc) is 2.97. The Bertz CT molecular complexity index is 1010. The number of nitrogens with one attached hydrogen (secondary N) is 2. The van der Waals surface area contributed by atoms with Crippen molar-refractivity contribution in [2.45, 2.75) is 27.0 Å². The molecule has 2 aromatic carbocycles. The minimum absolute atomic E-state index is 0.0219. The van der Waals surface area contributed by atoms with Crippen LogP contribution >= 0.6 is 23.8 Å². The van der Waals surface area contributed by atoms with Crippen molar-refractivity contribution in [3.05, 3.63) is 70.4 Å². The van der Waals surface area contributed by atoms with Gasteiger partial charge >= 0.3 is 6.61 Å². The molecule has 0 bridgehead atoms. The monoisotopic (exact) mass is 436 g/mol. The van der Waals surface area contributed by atoms with Crippen molar-refractivity contribution in [2.75, 3.05) is 10.6 Å². The van der Waals surface area contributed by atoms with Gasteiger partial charge in [0.15, 0.2) is 10.9 Å². The van der Waals surface area contributed by atoms with Crippen LogP contribution in [0.5, 0.6) is 5.75 Å². The summed E-state index contributed by atoms with van der Waals surface area (Å²) in [5.74, 6) is 0.561. The first-order chi connectivity index (χ1) is 13.8. The van der Waals surface area contributed by atoms with Crippen LogP contribution in [-0.4, -0.2) is 21.5 Å². The van der Waals surface area contributed by atoms with Gasteiger partial charge in [-0.05, 0) is 61.5 Å². The Kier molecular flexibility index (Phi) is 6.66. The predicted molar refractivity (Wildman–Crippen MR) is 115 cm³/mol. The maximum Gasteiger partial charge on any atom is 0.387 e. The normalized spacial score (nSPS) is 10.8. The van der Waals surface area contributed by atoms with Crippen LogP contribution in [-0.2, 0) is 6.54 Å². The number of aryl methyl sites for hydroxylation is 2. The van der Waals surface area contributed by atoms with Crippen molar-refractivity contribution in [1.29, 1.82) is 0 Å². The maximum atomic E-state index is 12.6. The highest BCUT2D eigenvalue weighted by atomic mass is 35.5. The number of hydrogen-bond donors (Lipinski definition) is 2. The van der Waals surface area contributed by atoms with Crippen LogP contribution in [0.3, 0.4) is 0 Å². The molecule has 0 saturated carbocycles. The fraction of sp³-hybridized carbons (Fsp3) is 0.200. The standard InChI is InChI=1S/C20H19ClF2N4OS/c1-12-3-8-16(17(9-12)28-19(22)23)24-20(29)25-18-10-13(2)27(26-18)11-14-4-6-15(21)7-5-14/h3-10,19H,11H2,1-2H3,(H2,24,25,26,29). The van der Waals surface area contributed by atoms with Gasteiger partial charge in [0.25, 0.3) is 0 Å². The average molecular weight is 437 g/mol. The lowest BCUT2D eigenvalue weighted by Crippen LogP contribution is -2.20. The van der Waals surface area contributed by atoms with E-state index < -0.39 is 6.61 Å². The van der Waals surface area contributed by atoms with Gasteiger partial charge in [-0.3, -0.25) is 4.68 Å². The van der Waals surface area contributed by atoms with E-state index in [2.05, 4.69) is 20.5 Å². The van der Waals surface area contributed by atoms with Crippen LogP contribution in [0, 0.1) is 13.8 Å². The third-order valence-corrected chi connectivity index (χ3v) is 4.53. The van der Waals surface area contributed by atoms with E-state index in [1.165, 1.54) is 6.07 Å². The van der Waals surface area contributed by atoms with Gasteiger partial charge < -0.3 is 15.4 Å². The first kappa shape index (κ1) is 21.0. The number of hydrogen-bond acceptors (Lipinski definition) is 3. The van der Waals surface area contributed by atoms with Gasteiger partial charge in [0.1, 0.15) is 5.75 Å². The number of thiocarbonyl (C=S) groups is 1. The summed E-state index contributed by atoms with van der Waals surface area (Å²) in [6.45, 7) is 1.37. The quantitative estimate of drug-likeness (QED) is 0.492. The number of benzene rings is 2. The number of ether oxygens (including phenoxy) is 1. The summed E-state index contributed by atoms with van der Waals surface area (Å²) in [6, 6.07) is 14.3. The smallest absolute Gasteiger partial charge is 0.387 e. The van der Waals surface area contributed by atoms with Crippen molar-refractivity contribution in [2.24, 2.45) is 0 Å². The Morgan fingerprint density at radius 3 is 2.55 bits per heavy atom. The summed E-state index contributed by atoms with van der Waals surface area (Å²) >= 11 is 11.2. The van der Waals surface area contributed by atoms with E-state index >= 15 is 0 Å². The van der Waals surface area contributed by atoms with E-state index in [1.807, 2.05) is 41.9 Å². The second kappa shape index (κ2) is 9.19. The maximum absolute atomic E-state index is 12.6. The van der Waals surface area contributed by atoms with E-state index in [0.29, 0.717) is 23.1 Å². The molecule has 2 N–H and O–H groups in total. The first-order valence-electron chi connectivity index (χ1n) is 8.72. The van der Waals surface area contributed by atoms with Crippen LogP contribution in [0.15, 0.2) is 48.5 Å². The zero-order chi connectivity index (χ0) is 21.0. The van der Waals surface area contributed by atoms with Gasteiger partial charge in [-0.2, -0.15) is 13.9 Å². The third-order valence-electron chi connectivity index (χ3n) is 4.07. The van der Waals surface area contributed by atoms with E-state index in [4.69, 9.17) is 23.8 Å². The summed E-state index contributed by atoms with van der Waals surface area (Å²) in [5, 5.41) is 11.2. The molecule has 0 aliphatic rings. The molecular weight excluding hydrogens is 418 g/mol. The molecule has 0 aliphatic carbocycles. The van der Waals surface area contributed by atoms with Crippen molar-refractivity contribution in [1.82, 2.24) is 9.78 Å². The van der Waals surface area contributed by atoms with Crippen LogP contribution in [0.1, 0.15) is 16.8 Å². The molecule has 0 radical (unpaired) electrons. The fourth-order valence-corrected chi connectivity index (χ4v) is 3.03. The lowest BCUT2D eigenvalue weighted by atomic mass is 10.2. The molecule has 5 nitrogen and oxygen atoms in total. The van der Waals surface area contributed by atoms with Crippen molar-refractivity contribution < 1.29 is 13.5 Å². The topological polar surface area (TPSA) is 51.1 Å². The second-order valence-electron chi connectivity index (χ2n) is 6.41. The van der Waals surface area contributed by atoms with Crippen LogP contribution < -0.4 is 15.4 Å². The Balaban J connectivity index is 1.68. The Labute approximate surface area is 177 Å². The summed E-state index contributed by atoms with van der Waals surface area (Å²) in [5.41, 5.74) is 3.12. The molecule has 0 saturated heterocycles. The highest BCUT2D eigenvalue weighted by molar-refractivity contribution is 7.80. The summed E-state index contributed by atoms with van der Waals surface area (Å²) in [6.07, 6.45) is 0. The van der Waals surface area contributed by atoms with Gasteiger partial charge in [-0.1, -0.05) is 29.8 Å². The van der Waals surface area contributed by atoms with Gasteiger partial charge in [0.05, 0.1) is 12.2 Å². The molecule has 0 amide bonds. The fourth-order valence-electron chi connectivity index (χ4n) is 2.69. The van der Waals surface area contributed by atoms with E-state index in [9.17, 15) is 8.78 Å². The summed E-state index contributed by atoms with van der Waals surface area (Å²) in [4.78, 5) is 0. The number of aromatic nitrogens is 2. The molecule has 29 heavy (non-hydrogen) atoms. The highest BCUT2D eigenvalue weighted by Crippen LogP contribution is 2.27. The molecule has 3 rings (SSSR count). The molecule has 1 heterocycles. The predicted octanol–water partition coefficient (Wildman–Crippen LogP) is 5.61. The van der Waals surface area contributed by atoms with Crippen LogP contribution in [0.2, 0.25) is 5.02 Å². The molecule has 152 valence electrons. The largest absolute Gasteiger partial charge is 0.433 e. The lowest BCUT2D eigenvalue weighted by molar-refractivity contribution is -0.0493. The second-order valence-corrected chi connectivity index (χ2v) is 7.26. The zero-order valence-electron chi connectivity index (χ0n) is 15.7. The molecule has 0 aliphatic heterocycles. The molecule has 0 atom stereocenters. The summed E-state index contributed by atoms with van der Waals surface area (Å²) in [7, 11) is 0. The number of anilines is 2. The number of nitrogens with zero attached hydrogens (tertiary/aromatic N) is 2. The van der Waals surface area contributed by atoms with Gasteiger partial charge in [-0.25, -0.2) is 0 Å². The van der Waals surface area contributed by atoms with Gasteiger partial charge in [0, 0.05) is 16.8 Å². The minimum atomic E-state index is -2.93. The lowest BCUT2D eigenvalue weighted by Gasteiger charge is -2.14.